The first-order valence-corrected chi connectivity index (χ1v) is 17.0. The molecule has 15 heteroatoms. The highest BCUT2D eigenvalue weighted by Crippen LogP contribution is 2.38. The zero-order valence-electron chi connectivity index (χ0n) is 26.7. The first kappa shape index (κ1) is 34.3. The molecule has 2 fully saturated rings. The molecule has 4 heterocycles. The molecule has 0 spiro atoms. The molecular formula is C34H37BrF3N7O4. The average molecular weight is 745 g/mol. The summed E-state index contributed by atoms with van der Waals surface area (Å²) in [5, 5.41) is 2.98. The van der Waals surface area contributed by atoms with Crippen molar-refractivity contribution >= 4 is 51.0 Å². The number of nitrogens with two attached hydrogens (primary N) is 1. The van der Waals surface area contributed by atoms with Gasteiger partial charge in [0.2, 0.25) is 0 Å². The fourth-order valence-corrected chi connectivity index (χ4v) is 7.17. The van der Waals surface area contributed by atoms with Gasteiger partial charge in [-0.2, -0.15) is 13.2 Å². The van der Waals surface area contributed by atoms with Gasteiger partial charge < -0.3 is 35.4 Å². The minimum Gasteiger partial charge on any atom is -0.436 e. The van der Waals surface area contributed by atoms with Crippen molar-refractivity contribution < 1.29 is 32.3 Å². The molecule has 11 nitrogen and oxygen atoms in total. The van der Waals surface area contributed by atoms with Gasteiger partial charge in [-0.1, -0.05) is 18.2 Å². The van der Waals surface area contributed by atoms with Crippen LogP contribution in [-0.4, -0.2) is 95.7 Å². The smallest absolute Gasteiger partial charge is 0.418 e. The molecule has 0 saturated carbocycles. The van der Waals surface area contributed by atoms with Crippen LogP contribution in [0.5, 0.6) is 0 Å². The highest BCUT2D eigenvalue weighted by molar-refractivity contribution is 9.10. The third-order valence-electron chi connectivity index (χ3n) is 9.36. The number of nitrogen functional groups attached to an aromatic ring is 1. The predicted octanol–water partition coefficient (Wildman–Crippen LogP) is 5.40. The van der Waals surface area contributed by atoms with Crippen LogP contribution in [0.3, 0.4) is 0 Å². The standard InChI is InChI=1S/C34H37BrF3N7O4/c35-27-20-22(19-26(30(27)39)34(36,37)38)21-29(31(46)43-17-15-42(16-18-43)24-5-10-40-11-6-24)49-33(48)44-12-8-25(9-13-44)45-14-7-23-3-1-2-4-28(23)41-32(45)47/h1-6,10-11,19-20,25,29H,7-9,12-18,21,39H2,(H,41,47)/t29-/m1/s1. The highest BCUT2D eigenvalue weighted by atomic mass is 79.9. The van der Waals surface area contributed by atoms with E-state index in [-0.39, 0.29) is 41.6 Å². The molecule has 3 aromatic rings. The Morgan fingerprint density at radius 2 is 1.67 bits per heavy atom. The number of para-hydroxylation sites is 1. The molecular weight excluding hydrogens is 707 g/mol. The maximum absolute atomic E-state index is 13.9. The van der Waals surface area contributed by atoms with Crippen LogP contribution in [0, 0.1) is 0 Å². The summed E-state index contributed by atoms with van der Waals surface area (Å²) in [7, 11) is 0. The number of likely N-dealkylation sites (tertiary alicyclic amines) is 1. The van der Waals surface area contributed by atoms with Crippen molar-refractivity contribution in [2.24, 2.45) is 0 Å². The maximum atomic E-state index is 13.9. The molecule has 2 aromatic carbocycles. The van der Waals surface area contributed by atoms with Crippen molar-refractivity contribution in [2.75, 3.05) is 61.8 Å². The minimum atomic E-state index is -4.72. The van der Waals surface area contributed by atoms with Crippen LogP contribution in [-0.2, 0) is 28.5 Å². The number of nitrogens with one attached hydrogen (secondary N) is 1. The van der Waals surface area contributed by atoms with Crippen molar-refractivity contribution in [1.29, 1.82) is 0 Å². The summed E-state index contributed by atoms with van der Waals surface area (Å²) in [5.74, 6) is -0.486. The highest BCUT2D eigenvalue weighted by Gasteiger charge is 2.37. The van der Waals surface area contributed by atoms with Crippen molar-refractivity contribution in [2.45, 2.75) is 44.0 Å². The van der Waals surface area contributed by atoms with E-state index in [1.807, 2.05) is 36.4 Å². The Kier molecular flexibility index (Phi) is 10.2. The van der Waals surface area contributed by atoms with Crippen LogP contribution >= 0.6 is 15.9 Å². The lowest BCUT2D eigenvalue weighted by Gasteiger charge is -2.39. The number of aromatic nitrogens is 1. The molecule has 0 aliphatic carbocycles. The summed E-state index contributed by atoms with van der Waals surface area (Å²) < 4.78 is 47.3. The van der Waals surface area contributed by atoms with E-state index in [4.69, 9.17) is 10.5 Å². The number of anilines is 3. The lowest BCUT2D eigenvalue weighted by molar-refractivity contribution is -0.141. The number of nitrogens with zero attached hydrogens (tertiary/aromatic N) is 5. The number of urea groups is 1. The fraction of sp³-hybridized carbons (Fsp3) is 0.412. The molecule has 0 bridgehead atoms. The van der Waals surface area contributed by atoms with Crippen molar-refractivity contribution in [3.63, 3.8) is 0 Å². The van der Waals surface area contributed by atoms with Crippen LogP contribution in [0.2, 0.25) is 0 Å². The number of carbonyl (C=O) groups excluding carboxylic acids is 3. The van der Waals surface area contributed by atoms with E-state index in [0.717, 1.165) is 23.0 Å². The van der Waals surface area contributed by atoms with Gasteiger partial charge in [0.05, 0.1) is 11.3 Å². The molecule has 260 valence electrons. The number of rotatable bonds is 6. The Bertz CT molecular complexity index is 1680. The Labute approximate surface area is 290 Å². The normalized spacial score (nSPS) is 18.0. The third-order valence-corrected chi connectivity index (χ3v) is 10.0. The van der Waals surface area contributed by atoms with Gasteiger partial charge in [0.25, 0.3) is 5.91 Å². The molecule has 6 rings (SSSR count). The Morgan fingerprint density at radius 1 is 0.980 bits per heavy atom. The molecule has 49 heavy (non-hydrogen) atoms. The lowest BCUT2D eigenvalue weighted by Crippen LogP contribution is -2.54. The topological polar surface area (TPSA) is 124 Å². The number of halogens is 4. The van der Waals surface area contributed by atoms with E-state index in [2.05, 4.69) is 31.1 Å². The first-order chi connectivity index (χ1) is 23.5. The minimum absolute atomic E-state index is 0.0310. The molecule has 2 saturated heterocycles. The number of pyridine rings is 1. The number of amides is 4. The zero-order chi connectivity index (χ0) is 34.7. The Hall–Kier alpha value is -4.53. The number of alkyl halides is 3. The van der Waals surface area contributed by atoms with E-state index in [0.29, 0.717) is 52.0 Å². The summed E-state index contributed by atoms with van der Waals surface area (Å²) >= 11 is 3.11. The quantitative estimate of drug-likeness (QED) is 0.325. The molecule has 3 N–H and O–H groups in total. The van der Waals surface area contributed by atoms with Gasteiger partial charge in [-0.25, -0.2) is 9.59 Å². The Balaban J connectivity index is 1.14. The zero-order valence-corrected chi connectivity index (χ0v) is 28.3. The summed E-state index contributed by atoms with van der Waals surface area (Å²) in [6.07, 6.45) is -2.01. The monoisotopic (exact) mass is 743 g/mol. The number of carbonyl (C=O) groups is 3. The number of hydrogen-bond acceptors (Lipinski definition) is 7. The largest absolute Gasteiger partial charge is 0.436 e. The van der Waals surface area contributed by atoms with Crippen molar-refractivity contribution in [3.05, 3.63) is 82.1 Å². The summed E-state index contributed by atoms with van der Waals surface area (Å²) in [6.45, 7) is 2.83. The van der Waals surface area contributed by atoms with Crippen LogP contribution in [0.15, 0.2) is 65.4 Å². The van der Waals surface area contributed by atoms with Gasteiger partial charge in [0.15, 0.2) is 6.10 Å². The fourth-order valence-electron chi connectivity index (χ4n) is 6.66. The second kappa shape index (κ2) is 14.5. The van der Waals surface area contributed by atoms with Crippen molar-refractivity contribution in [3.8, 4) is 0 Å². The van der Waals surface area contributed by atoms with Crippen LogP contribution < -0.4 is 16.0 Å². The van der Waals surface area contributed by atoms with Gasteiger partial charge in [-0.05, 0) is 76.7 Å². The van der Waals surface area contributed by atoms with E-state index in [1.54, 1.807) is 22.2 Å². The van der Waals surface area contributed by atoms with Gasteiger partial charge >= 0.3 is 18.3 Å². The molecule has 4 amide bonds. The first-order valence-electron chi connectivity index (χ1n) is 16.2. The van der Waals surface area contributed by atoms with Crippen LogP contribution in [0.4, 0.5) is 39.8 Å². The van der Waals surface area contributed by atoms with Crippen molar-refractivity contribution in [1.82, 2.24) is 19.7 Å². The van der Waals surface area contributed by atoms with Crippen LogP contribution in [0.25, 0.3) is 0 Å². The molecule has 0 unspecified atom stereocenters. The lowest BCUT2D eigenvalue weighted by atomic mass is 10.0. The molecule has 1 atom stereocenters. The predicted molar refractivity (Wildman–Crippen MR) is 181 cm³/mol. The number of fused-ring (bicyclic) bond motifs is 1. The van der Waals surface area contributed by atoms with Gasteiger partial charge in [-0.15, -0.1) is 0 Å². The van der Waals surface area contributed by atoms with Gasteiger partial charge in [0, 0.05) is 86.5 Å². The second-order valence-electron chi connectivity index (χ2n) is 12.4. The summed E-state index contributed by atoms with van der Waals surface area (Å²) in [6, 6.07) is 13.5. The van der Waals surface area contributed by atoms with E-state index in [9.17, 15) is 27.6 Å². The van der Waals surface area contributed by atoms with E-state index < -0.39 is 35.5 Å². The number of piperazine rings is 1. The average Bonchev–Trinajstić information content (AvgIpc) is 3.27. The summed E-state index contributed by atoms with van der Waals surface area (Å²) in [4.78, 5) is 51.5. The number of piperidine rings is 1. The van der Waals surface area contributed by atoms with E-state index >= 15 is 0 Å². The number of hydrogen-bond donors (Lipinski definition) is 2. The molecule has 3 aliphatic rings. The number of ether oxygens (including phenoxy) is 1. The van der Waals surface area contributed by atoms with Crippen LogP contribution in [0.1, 0.15) is 29.5 Å². The maximum Gasteiger partial charge on any atom is 0.418 e. The van der Waals surface area contributed by atoms with E-state index in [1.165, 1.54) is 11.0 Å². The second-order valence-corrected chi connectivity index (χ2v) is 13.2. The Morgan fingerprint density at radius 3 is 2.37 bits per heavy atom. The number of benzene rings is 2. The molecule has 3 aliphatic heterocycles. The van der Waals surface area contributed by atoms with Gasteiger partial charge in [-0.3, -0.25) is 9.78 Å². The third kappa shape index (κ3) is 7.87. The van der Waals surface area contributed by atoms with Gasteiger partial charge in [0.1, 0.15) is 0 Å². The molecule has 0 radical (unpaired) electrons. The summed E-state index contributed by atoms with van der Waals surface area (Å²) in [5.41, 5.74) is 7.17. The SMILES string of the molecule is Nc1c(Br)cc(C[C@@H](OC(=O)N2CCC(N3CCc4ccccc4NC3=O)CC2)C(=O)N2CCN(c3ccncc3)CC2)cc1C(F)(F)F. The molecule has 1 aromatic heterocycles.